The minimum absolute atomic E-state index is 0.160. The molecule has 80 valence electrons. The molecule has 3 nitrogen and oxygen atoms in total. The summed E-state index contributed by atoms with van der Waals surface area (Å²) in [5, 5.41) is 0. The summed E-state index contributed by atoms with van der Waals surface area (Å²) in [5.74, 6) is 1.70. The van der Waals surface area contributed by atoms with Gasteiger partial charge in [0.15, 0.2) is 0 Å². The molecule has 0 aromatic heterocycles. The Bertz CT molecular complexity index is 349. The molecular formula is C12H16N2O. The number of nitrogens with two attached hydrogens (primary N) is 1. The van der Waals surface area contributed by atoms with E-state index >= 15 is 0 Å². The third-order valence-electron chi connectivity index (χ3n) is 2.57. The zero-order valence-electron chi connectivity index (χ0n) is 8.94. The summed E-state index contributed by atoms with van der Waals surface area (Å²) in [5.41, 5.74) is 6.92. The summed E-state index contributed by atoms with van der Waals surface area (Å²) in [6, 6.07) is 8.13. The van der Waals surface area contributed by atoms with Gasteiger partial charge in [-0.1, -0.05) is 25.1 Å². The van der Waals surface area contributed by atoms with Crippen LogP contribution in [0.3, 0.4) is 0 Å². The zero-order chi connectivity index (χ0) is 10.7. The van der Waals surface area contributed by atoms with Crippen LogP contribution in [0.1, 0.15) is 18.9 Å². The normalized spacial score (nSPS) is 19.8. The number of rotatable bonds is 3. The van der Waals surface area contributed by atoms with Crippen molar-refractivity contribution < 1.29 is 4.74 Å². The Morgan fingerprint density at radius 1 is 1.53 bits per heavy atom. The van der Waals surface area contributed by atoms with E-state index in [1.165, 1.54) is 5.56 Å². The lowest BCUT2D eigenvalue weighted by Gasteiger charge is -2.07. The molecule has 1 aromatic rings. The Balaban J connectivity index is 1.96. The van der Waals surface area contributed by atoms with E-state index in [-0.39, 0.29) is 6.10 Å². The molecule has 1 aliphatic heterocycles. The standard InChI is InChI=1S/C12H16N2O/c1-2-12(13)14-8-10-7-9-5-3-4-6-11(9)15-10/h3-6,10H,2,7-8H2,1H3,(H2,13,14). The predicted molar refractivity (Wildman–Crippen MR) is 61.3 cm³/mol. The third-order valence-corrected chi connectivity index (χ3v) is 2.57. The molecule has 0 bridgehead atoms. The molecule has 2 rings (SSSR count). The van der Waals surface area contributed by atoms with E-state index in [1.807, 2.05) is 25.1 Å². The smallest absolute Gasteiger partial charge is 0.123 e. The van der Waals surface area contributed by atoms with Crippen LogP contribution in [0.25, 0.3) is 0 Å². The molecule has 2 N–H and O–H groups in total. The first-order valence-electron chi connectivity index (χ1n) is 5.33. The second-order valence-corrected chi connectivity index (χ2v) is 3.74. The maximum Gasteiger partial charge on any atom is 0.123 e. The van der Waals surface area contributed by atoms with Gasteiger partial charge >= 0.3 is 0 Å². The second-order valence-electron chi connectivity index (χ2n) is 3.74. The summed E-state index contributed by atoms with van der Waals surface area (Å²) in [6.07, 6.45) is 1.91. The number of aliphatic imine (C=N–C) groups is 1. The van der Waals surface area contributed by atoms with Crippen molar-refractivity contribution >= 4 is 5.84 Å². The van der Waals surface area contributed by atoms with Crippen LogP contribution in [0.2, 0.25) is 0 Å². The predicted octanol–water partition coefficient (Wildman–Crippen LogP) is 1.76. The number of nitrogens with zero attached hydrogens (tertiary/aromatic N) is 1. The van der Waals surface area contributed by atoms with Gasteiger partial charge in [-0.25, -0.2) is 0 Å². The van der Waals surface area contributed by atoms with Crippen LogP contribution in [0.4, 0.5) is 0 Å². The largest absolute Gasteiger partial charge is 0.488 e. The Morgan fingerprint density at radius 2 is 2.33 bits per heavy atom. The lowest BCUT2D eigenvalue weighted by Crippen LogP contribution is -2.20. The van der Waals surface area contributed by atoms with Crippen molar-refractivity contribution in [2.24, 2.45) is 10.7 Å². The zero-order valence-corrected chi connectivity index (χ0v) is 8.94. The van der Waals surface area contributed by atoms with Gasteiger partial charge in [0, 0.05) is 12.8 Å². The van der Waals surface area contributed by atoms with Crippen LogP contribution in [-0.2, 0) is 6.42 Å². The first-order chi connectivity index (χ1) is 7.29. The van der Waals surface area contributed by atoms with Gasteiger partial charge in [-0.05, 0) is 11.6 Å². The molecule has 0 spiro atoms. The fraction of sp³-hybridized carbons (Fsp3) is 0.417. The van der Waals surface area contributed by atoms with E-state index in [1.54, 1.807) is 0 Å². The van der Waals surface area contributed by atoms with E-state index < -0.39 is 0 Å². The summed E-state index contributed by atoms with van der Waals surface area (Å²) >= 11 is 0. The van der Waals surface area contributed by atoms with Gasteiger partial charge in [-0.15, -0.1) is 0 Å². The highest BCUT2D eigenvalue weighted by molar-refractivity contribution is 5.79. The molecule has 1 aliphatic rings. The molecule has 1 aromatic carbocycles. The number of benzene rings is 1. The minimum Gasteiger partial charge on any atom is -0.488 e. The highest BCUT2D eigenvalue weighted by Crippen LogP contribution is 2.28. The average molecular weight is 204 g/mol. The fourth-order valence-electron chi connectivity index (χ4n) is 1.69. The van der Waals surface area contributed by atoms with Crippen molar-refractivity contribution in [2.45, 2.75) is 25.9 Å². The van der Waals surface area contributed by atoms with E-state index in [0.717, 1.165) is 18.6 Å². The fourth-order valence-corrected chi connectivity index (χ4v) is 1.69. The Hall–Kier alpha value is -1.51. The maximum absolute atomic E-state index is 5.74. The van der Waals surface area contributed by atoms with Gasteiger partial charge in [0.2, 0.25) is 0 Å². The first-order valence-corrected chi connectivity index (χ1v) is 5.33. The van der Waals surface area contributed by atoms with E-state index in [9.17, 15) is 0 Å². The molecule has 0 saturated carbocycles. The summed E-state index contributed by atoms with van der Waals surface area (Å²) in [7, 11) is 0. The number of hydrogen-bond acceptors (Lipinski definition) is 2. The van der Waals surface area contributed by atoms with Crippen molar-refractivity contribution in [1.29, 1.82) is 0 Å². The third kappa shape index (κ3) is 2.29. The van der Waals surface area contributed by atoms with Crippen LogP contribution in [0, 0.1) is 0 Å². The lowest BCUT2D eigenvalue weighted by atomic mass is 10.1. The van der Waals surface area contributed by atoms with Crippen LogP contribution < -0.4 is 10.5 Å². The number of fused-ring (bicyclic) bond motifs is 1. The van der Waals surface area contributed by atoms with Gasteiger partial charge in [-0.2, -0.15) is 0 Å². The number of ether oxygens (including phenoxy) is 1. The Labute approximate surface area is 90.0 Å². The van der Waals surface area contributed by atoms with Crippen molar-refractivity contribution in [2.75, 3.05) is 6.54 Å². The van der Waals surface area contributed by atoms with E-state index in [0.29, 0.717) is 12.4 Å². The SMILES string of the molecule is CCC(N)=NCC1Cc2ccccc2O1. The van der Waals surface area contributed by atoms with Gasteiger partial charge in [-0.3, -0.25) is 4.99 Å². The van der Waals surface area contributed by atoms with Gasteiger partial charge in [0.05, 0.1) is 12.4 Å². The molecule has 15 heavy (non-hydrogen) atoms. The van der Waals surface area contributed by atoms with Crippen LogP contribution in [-0.4, -0.2) is 18.5 Å². The van der Waals surface area contributed by atoms with Crippen LogP contribution in [0.15, 0.2) is 29.3 Å². The molecule has 0 radical (unpaired) electrons. The van der Waals surface area contributed by atoms with E-state index in [2.05, 4.69) is 11.1 Å². The maximum atomic E-state index is 5.74. The van der Waals surface area contributed by atoms with Crippen LogP contribution in [0.5, 0.6) is 5.75 Å². The van der Waals surface area contributed by atoms with Crippen molar-refractivity contribution in [3.05, 3.63) is 29.8 Å². The molecule has 0 amide bonds. The topological polar surface area (TPSA) is 47.6 Å². The van der Waals surface area contributed by atoms with E-state index in [4.69, 9.17) is 10.5 Å². The second kappa shape index (κ2) is 4.34. The number of para-hydroxylation sites is 1. The van der Waals surface area contributed by atoms with Crippen molar-refractivity contribution in [3.8, 4) is 5.75 Å². The Kier molecular flexibility index (Phi) is 2.90. The summed E-state index contributed by atoms with van der Waals surface area (Å²) in [6.45, 7) is 2.66. The lowest BCUT2D eigenvalue weighted by molar-refractivity contribution is 0.242. The quantitative estimate of drug-likeness (QED) is 0.602. The summed E-state index contributed by atoms with van der Waals surface area (Å²) < 4.78 is 5.74. The molecule has 0 saturated heterocycles. The van der Waals surface area contributed by atoms with Gasteiger partial charge < -0.3 is 10.5 Å². The van der Waals surface area contributed by atoms with Crippen molar-refractivity contribution in [1.82, 2.24) is 0 Å². The number of amidine groups is 1. The number of hydrogen-bond donors (Lipinski definition) is 1. The highest BCUT2D eigenvalue weighted by Gasteiger charge is 2.21. The molecule has 0 fully saturated rings. The monoisotopic (exact) mass is 204 g/mol. The molecule has 1 atom stereocenters. The summed E-state index contributed by atoms with van der Waals surface area (Å²) in [4.78, 5) is 4.28. The first kappa shape index (κ1) is 10.0. The highest BCUT2D eigenvalue weighted by atomic mass is 16.5. The van der Waals surface area contributed by atoms with Gasteiger partial charge in [0.25, 0.3) is 0 Å². The molecule has 0 aliphatic carbocycles. The molecule has 1 unspecified atom stereocenters. The minimum atomic E-state index is 0.160. The van der Waals surface area contributed by atoms with Crippen molar-refractivity contribution in [3.63, 3.8) is 0 Å². The Morgan fingerprint density at radius 3 is 3.07 bits per heavy atom. The molecular weight excluding hydrogens is 188 g/mol. The molecule has 1 heterocycles. The van der Waals surface area contributed by atoms with Crippen LogP contribution >= 0.6 is 0 Å². The average Bonchev–Trinajstić information content (AvgIpc) is 2.68. The molecule has 3 heteroatoms. The van der Waals surface area contributed by atoms with Gasteiger partial charge in [0.1, 0.15) is 11.9 Å².